The van der Waals surface area contributed by atoms with Crippen LogP contribution in [0.2, 0.25) is 0 Å². The SMILES string of the molecule is CCCOc1ccc(C(=O)N(C)OC)c(C)c1-c1nc(CC)c(CC)c(=O)[nH]1. The van der Waals surface area contributed by atoms with Gasteiger partial charge in [-0.1, -0.05) is 20.8 Å². The number of amides is 1. The van der Waals surface area contributed by atoms with Gasteiger partial charge in [-0.3, -0.25) is 14.4 Å². The van der Waals surface area contributed by atoms with Crippen molar-refractivity contribution in [3.05, 3.63) is 44.9 Å². The molecule has 0 saturated heterocycles. The number of aryl methyl sites for hydroxylation is 1. The summed E-state index contributed by atoms with van der Waals surface area (Å²) in [5, 5.41) is 1.16. The fourth-order valence-electron chi connectivity index (χ4n) is 3.12. The fraction of sp³-hybridized carbons (Fsp3) is 0.476. The molecular weight excluding hydrogens is 358 g/mol. The van der Waals surface area contributed by atoms with Gasteiger partial charge in [0.2, 0.25) is 0 Å². The molecule has 0 saturated carbocycles. The Bertz CT molecular complexity index is 905. The van der Waals surface area contributed by atoms with Crippen LogP contribution in [-0.4, -0.2) is 41.7 Å². The molecule has 0 aliphatic heterocycles. The molecule has 2 rings (SSSR count). The van der Waals surface area contributed by atoms with Crippen molar-refractivity contribution in [1.82, 2.24) is 15.0 Å². The van der Waals surface area contributed by atoms with E-state index in [0.717, 1.165) is 17.2 Å². The monoisotopic (exact) mass is 387 g/mol. The summed E-state index contributed by atoms with van der Waals surface area (Å²) in [7, 11) is 2.98. The molecule has 0 atom stereocenters. The van der Waals surface area contributed by atoms with E-state index in [-0.39, 0.29) is 11.5 Å². The first-order chi connectivity index (χ1) is 13.4. The zero-order valence-electron chi connectivity index (χ0n) is 17.5. The molecule has 0 unspecified atom stereocenters. The van der Waals surface area contributed by atoms with Gasteiger partial charge in [-0.25, -0.2) is 10.0 Å². The van der Waals surface area contributed by atoms with Crippen molar-refractivity contribution < 1.29 is 14.4 Å². The van der Waals surface area contributed by atoms with Crippen LogP contribution in [0.3, 0.4) is 0 Å². The Hall–Kier alpha value is -2.67. The van der Waals surface area contributed by atoms with Gasteiger partial charge >= 0.3 is 0 Å². The maximum absolute atomic E-state index is 12.7. The minimum atomic E-state index is -0.286. The molecule has 2 aromatic rings. The molecule has 1 N–H and O–H groups in total. The first kappa shape index (κ1) is 21.6. The molecule has 7 nitrogen and oxygen atoms in total. The third-order valence-corrected chi connectivity index (χ3v) is 4.71. The second kappa shape index (κ2) is 9.50. The molecule has 1 heterocycles. The summed E-state index contributed by atoms with van der Waals surface area (Å²) in [5.41, 5.74) is 3.05. The summed E-state index contributed by atoms with van der Waals surface area (Å²) in [6, 6.07) is 3.45. The van der Waals surface area contributed by atoms with Gasteiger partial charge in [0.05, 0.1) is 25.0 Å². The first-order valence-corrected chi connectivity index (χ1v) is 9.60. The molecule has 1 amide bonds. The quantitative estimate of drug-likeness (QED) is 0.703. The van der Waals surface area contributed by atoms with Crippen LogP contribution in [0.1, 0.15) is 54.4 Å². The Morgan fingerprint density at radius 2 is 1.93 bits per heavy atom. The summed E-state index contributed by atoms with van der Waals surface area (Å²) in [5.74, 6) is 0.717. The van der Waals surface area contributed by atoms with E-state index in [1.807, 2.05) is 27.7 Å². The van der Waals surface area contributed by atoms with Crippen LogP contribution in [0.25, 0.3) is 11.4 Å². The van der Waals surface area contributed by atoms with E-state index >= 15 is 0 Å². The largest absolute Gasteiger partial charge is 0.493 e. The number of nitrogens with zero attached hydrogens (tertiary/aromatic N) is 2. The predicted molar refractivity (Wildman–Crippen MR) is 109 cm³/mol. The van der Waals surface area contributed by atoms with Gasteiger partial charge in [0.1, 0.15) is 11.6 Å². The molecule has 0 radical (unpaired) electrons. The predicted octanol–water partition coefficient (Wildman–Crippen LogP) is 3.29. The zero-order chi connectivity index (χ0) is 20.8. The van der Waals surface area contributed by atoms with Crippen LogP contribution < -0.4 is 10.3 Å². The molecular formula is C21H29N3O4. The van der Waals surface area contributed by atoms with Gasteiger partial charge in [0.25, 0.3) is 11.5 Å². The van der Waals surface area contributed by atoms with Crippen molar-refractivity contribution in [1.29, 1.82) is 0 Å². The number of nitrogens with one attached hydrogen (secondary N) is 1. The van der Waals surface area contributed by atoms with Crippen LogP contribution >= 0.6 is 0 Å². The number of H-pyrrole nitrogens is 1. The third-order valence-electron chi connectivity index (χ3n) is 4.71. The van der Waals surface area contributed by atoms with E-state index < -0.39 is 0 Å². The topological polar surface area (TPSA) is 84.5 Å². The Balaban J connectivity index is 2.74. The number of aromatic amines is 1. The second-order valence-corrected chi connectivity index (χ2v) is 6.49. The number of ether oxygens (including phenoxy) is 1. The smallest absolute Gasteiger partial charge is 0.277 e. The summed E-state index contributed by atoms with van der Waals surface area (Å²) in [6.07, 6.45) is 2.10. The number of hydroxylamine groups is 2. The van der Waals surface area contributed by atoms with E-state index in [0.29, 0.717) is 53.3 Å². The van der Waals surface area contributed by atoms with Crippen LogP contribution in [0.15, 0.2) is 16.9 Å². The lowest BCUT2D eigenvalue weighted by molar-refractivity contribution is -0.0757. The van der Waals surface area contributed by atoms with Gasteiger partial charge in [-0.2, -0.15) is 0 Å². The lowest BCUT2D eigenvalue weighted by Gasteiger charge is -2.19. The number of carbonyl (C=O) groups excluding carboxylic acids is 1. The molecule has 0 aliphatic carbocycles. The van der Waals surface area contributed by atoms with E-state index in [1.165, 1.54) is 7.11 Å². The maximum Gasteiger partial charge on any atom is 0.277 e. The number of benzene rings is 1. The molecule has 0 fully saturated rings. The van der Waals surface area contributed by atoms with E-state index in [2.05, 4.69) is 4.98 Å². The van der Waals surface area contributed by atoms with Crippen LogP contribution in [-0.2, 0) is 17.7 Å². The molecule has 28 heavy (non-hydrogen) atoms. The van der Waals surface area contributed by atoms with Gasteiger partial charge in [-0.15, -0.1) is 0 Å². The minimum absolute atomic E-state index is 0.157. The van der Waals surface area contributed by atoms with Gasteiger partial charge in [0, 0.05) is 18.2 Å². The van der Waals surface area contributed by atoms with Crippen LogP contribution in [0.4, 0.5) is 0 Å². The highest BCUT2D eigenvalue weighted by atomic mass is 16.7. The Kier molecular flexibility index (Phi) is 7.34. The highest BCUT2D eigenvalue weighted by molar-refractivity contribution is 5.97. The van der Waals surface area contributed by atoms with E-state index in [9.17, 15) is 9.59 Å². The van der Waals surface area contributed by atoms with Crippen LogP contribution in [0.5, 0.6) is 5.75 Å². The maximum atomic E-state index is 12.7. The zero-order valence-corrected chi connectivity index (χ0v) is 17.5. The highest BCUT2D eigenvalue weighted by Crippen LogP contribution is 2.34. The molecule has 7 heteroatoms. The van der Waals surface area contributed by atoms with Crippen molar-refractivity contribution >= 4 is 5.91 Å². The molecule has 1 aromatic carbocycles. The van der Waals surface area contributed by atoms with Gasteiger partial charge < -0.3 is 9.72 Å². The number of carbonyl (C=O) groups is 1. The molecule has 1 aromatic heterocycles. The van der Waals surface area contributed by atoms with E-state index in [4.69, 9.17) is 14.6 Å². The van der Waals surface area contributed by atoms with Crippen molar-refractivity contribution in [2.45, 2.75) is 47.0 Å². The van der Waals surface area contributed by atoms with Crippen LogP contribution in [0, 0.1) is 6.92 Å². The lowest BCUT2D eigenvalue weighted by Crippen LogP contribution is -2.26. The molecule has 152 valence electrons. The number of rotatable bonds is 8. The minimum Gasteiger partial charge on any atom is -0.493 e. The lowest BCUT2D eigenvalue weighted by atomic mass is 9.99. The third kappa shape index (κ3) is 4.25. The standard InChI is InChI=1S/C21H29N3O4/c1-7-12-28-17-11-10-15(21(26)24(5)27-6)13(4)18(17)19-22-16(9-3)14(8-2)20(25)23-19/h10-11H,7-9,12H2,1-6H3,(H,22,23,25). The van der Waals surface area contributed by atoms with Gasteiger partial charge in [0.15, 0.2) is 0 Å². The summed E-state index contributed by atoms with van der Waals surface area (Å²) < 4.78 is 5.89. The van der Waals surface area contributed by atoms with Crippen molar-refractivity contribution in [2.24, 2.45) is 0 Å². The Morgan fingerprint density at radius 3 is 2.50 bits per heavy atom. The van der Waals surface area contributed by atoms with Crippen molar-refractivity contribution in [3.63, 3.8) is 0 Å². The van der Waals surface area contributed by atoms with Gasteiger partial charge in [-0.05, 0) is 43.9 Å². The number of hydrogen-bond acceptors (Lipinski definition) is 5. The number of hydrogen-bond donors (Lipinski definition) is 1. The first-order valence-electron chi connectivity index (χ1n) is 9.60. The molecule has 0 spiro atoms. The molecule has 0 aliphatic rings. The second-order valence-electron chi connectivity index (χ2n) is 6.49. The molecule has 0 bridgehead atoms. The number of aromatic nitrogens is 2. The average molecular weight is 387 g/mol. The normalized spacial score (nSPS) is 10.8. The highest BCUT2D eigenvalue weighted by Gasteiger charge is 2.22. The average Bonchev–Trinajstić information content (AvgIpc) is 2.70. The van der Waals surface area contributed by atoms with E-state index in [1.54, 1.807) is 19.2 Å². The fourth-order valence-corrected chi connectivity index (χ4v) is 3.12. The van der Waals surface area contributed by atoms with Crippen molar-refractivity contribution in [3.8, 4) is 17.1 Å². The Morgan fingerprint density at radius 1 is 1.21 bits per heavy atom. The summed E-state index contributed by atoms with van der Waals surface area (Å²) in [6.45, 7) is 8.27. The summed E-state index contributed by atoms with van der Waals surface area (Å²) >= 11 is 0. The summed E-state index contributed by atoms with van der Waals surface area (Å²) in [4.78, 5) is 37.9. The van der Waals surface area contributed by atoms with Crippen molar-refractivity contribution in [2.75, 3.05) is 20.8 Å². The Labute approximate surface area is 165 Å².